The monoisotopic (exact) mass is 275 g/mol. The number of nitrogens with one attached hydrogen (secondary N) is 1. The fourth-order valence-corrected chi connectivity index (χ4v) is 2.73. The summed E-state index contributed by atoms with van der Waals surface area (Å²) in [7, 11) is 0. The van der Waals surface area contributed by atoms with Gasteiger partial charge in [0.2, 0.25) is 0 Å². The summed E-state index contributed by atoms with van der Waals surface area (Å²) in [6.45, 7) is 9.29. The van der Waals surface area contributed by atoms with Crippen LogP contribution in [0.5, 0.6) is 0 Å². The van der Waals surface area contributed by atoms with Gasteiger partial charge in [-0.3, -0.25) is 4.79 Å². The fourth-order valence-electron chi connectivity index (χ4n) is 2.73. The van der Waals surface area contributed by atoms with E-state index in [9.17, 15) is 4.79 Å². The Labute approximate surface area is 121 Å². The molecule has 1 unspecified atom stereocenters. The summed E-state index contributed by atoms with van der Waals surface area (Å²) >= 11 is 0. The summed E-state index contributed by atoms with van der Waals surface area (Å²) < 4.78 is 0. The molecule has 1 aromatic rings. The van der Waals surface area contributed by atoms with Crippen molar-refractivity contribution in [1.29, 1.82) is 0 Å². The van der Waals surface area contributed by atoms with Gasteiger partial charge in [0.25, 0.3) is 5.91 Å². The molecule has 1 aliphatic heterocycles. The fraction of sp³-hybridized carbons (Fsp3) is 0.562. The molecule has 1 amide bonds. The van der Waals surface area contributed by atoms with Crippen LogP contribution in [0.25, 0.3) is 0 Å². The Morgan fingerprint density at radius 1 is 1.50 bits per heavy atom. The lowest BCUT2D eigenvalue weighted by molar-refractivity contribution is 0.0946. The van der Waals surface area contributed by atoms with Crippen molar-refractivity contribution in [1.82, 2.24) is 10.2 Å². The van der Waals surface area contributed by atoms with Crippen LogP contribution in [0, 0.1) is 12.8 Å². The molecule has 1 aliphatic rings. The molecule has 4 nitrogen and oxygen atoms in total. The first-order valence-corrected chi connectivity index (χ1v) is 7.36. The summed E-state index contributed by atoms with van der Waals surface area (Å²) in [4.78, 5) is 14.7. The number of amides is 1. The number of carbonyl (C=O) groups excluding carboxylic acids is 1. The average molecular weight is 275 g/mol. The van der Waals surface area contributed by atoms with E-state index >= 15 is 0 Å². The van der Waals surface area contributed by atoms with Crippen LogP contribution in [0.2, 0.25) is 0 Å². The molecule has 1 atom stereocenters. The van der Waals surface area contributed by atoms with Crippen LogP contribution >= 0.6 is 0 Å². The summed E-state index contributed by atoms with van der Waals surface area (Å²) in [5.41, 5.74) is 8.06. The molecular weight excluding hydrogens is 250 g/mol. The number of hydrogen-bond acceptors (Lipinski definition) is 3. The number of rotatable bonds is 4. The third-order valence-electron chi connectivity index (χ3n) is 4.22. The van der Waals surface area contributed by atoms with E-state index in [0.29, 0.717) is 23.2 Å². The van der Waals surface area contributed by atoms with Gasteiger partial charge in [-0.2, -0.15) is 0 Å². The number of likely N-dealkylation sites (tertiary alicyclic amines) is 1. The quantitative estimate of drug-likeness (QED) is 0.827. The van der Waals surface area contributed by atoms with Gasteiger partial charge < -0.3 is 16.0 Å². The van der Waals surface area contributed by atoms with E-state index in [-0.39, 0.29) is 5.91 Å². The molecule has 1 fully saturated rings. The molecule has 110 valence electrons. The second-order valence-corrected chi connectivity index (χ2v) is 5.97. The summed E-state index contributed by atoms with van der Waals surface area (Å²) in [6.07, 6.45) is 1.16. The van der Waals surface area contributed by atoms with Gasteiger partial charge in [-0.1, -0.05) is 6.07 Å². The van der Waals surface area contributed by atoms with Crippen molar-refractivity contribution in [3.05, 3.63) is 29.3 Å². The molecule has 0 bridgehead atoms. The molecule has 2 rings (SSSR count). The zero-order valence-corrected chi connectivity index (χ0v) is 12.6. The normalized spacial score (nSPS) is 19.5. The third kappa shape index (κ3) is 3.31. The highest BCUT2D eigenvalue weighted by molar-refractivity contribution is 5.96. The minimum Gasteiger partial charge on any atom is -0.398 e. The number of benzene rings is 1. The average Bonchev–Trinajstić information content (AvgIpc) is 2.88. The highest BCUT2D eigenvalue weighted by Gasteiger charge is 2.24. The van der Waals surface area contributed by atoms with Gasteiger partial charge in [0, 0.05) is 30.4 Å². The minimum absolute atomic E-state index is 0.0159. The van der Waals surface area contributed by atoms with Gasteiger partial charge >= 0.3 is 0 Å². The molecule has 0 aromatic heterocycles. The Morgan fingerprint density at radius 3 is 2.90 bits per heavy atom. The van der Waals surface area contributed by atoms with Gasteiger partial charge in [0.15, 0.2) is 0 Å². The van der Waals surface area contributed by atoms with Crippen LogP contribution in [-0.4, -0.2) is 36.5 Å². The molecule has 20 heavy (non-hydrogen) atoms. The molecular formula is C16H25N3O. The van der Waals surface area contributed by atoms with Crippen molar-refractivity contribution < 1.29 is 4.79 Å². The Bertz CT molecular complexity index is 485. The Balaban J connectivity index is 1.89. The van der Waals surface area contributed by atoms with Crippen molar-refractivity contribution in [2.75, 3.05) is 25.4 Å². The number of nitrogens with two attached hydrogens (primary N) is 1. The second-order valence-electron chi connectivity index (χ2n) is 5.97. The SMILES string of the molecule is Cc1c(N)cccc1C(=O)NCC1CCN(C(C)C)C1. The zero-order valence-electron chi connectivity index (χ0n) is 12.6. The van der Waals surface area contributed by atoms with Crippen molar-refractivity contribution in [2.24, 2.45) is 5.92 Å². The Morgan fingerprint density at radius 2 is 2.25 bits per heavy atom. The van der Waals surface area contributed by atoms with Crippen LogP contribution < -0.4 is 11.1 Å². The van der Waals surface area contributed by atoms with Gasteiger partial charge in [0.05, 0.1) is 0 Å². The summed E-state index contributed by atoms with van der Waals surface area (Å²) in [6, 6.07) is 6.07. The topological polar surface area (TPSA) is 58.4 Å². The molecule has 0 saturated carbocycles. The maximum absolute atomic E-state index is 12.2. The Kier molecular flexibility index (Phi) is 4.65. The number of carbonyl (C=O) groups is 1. The molecule has 4 heteroatoms. The van der Waals surface area contributed by atoms with Crippen molar-refractivity contribution in [3.8, 4) is 0 Å². The molecule has 1 saturated heterocycles. The smallest absolute Gasteiger partial charge is 0.251 e. The standard InChI is InChI=1S/C16H25N3O/c1-11(2)19-8-7-13(10-19)9-18-16(20)14-5-4-6-15(17)12(14)3/h4-6,11,13H,7-10,17H2,1-3H3,(H,18,20). The lowest BCUT2D eigenvalue weighted by atomic mass is 10.1. The van der Waals surface area contributed by atoms with Gasteiger partial charge in [-0.05, 0) is 57.4 Å². The third-order valence-corrected chi connectivity index (χ3v) is 4.22. The first-order chi connectivity index (χ1) is 9.49. The largest absolute Gasteiger partial charge is 0.398 e. The van der Waals surface area contributed by atoms with Crippen LogP contribution in [0.15, 0.2) is 18.2 Å². The first-order valence-electron chi connectivity index (χ1n) is 7.36. The van der Waals surface area contributed by atoms with E-state index in [1.807, 2.05) is 25.1 Å². The highest BCUT2D eigenvalue weighted by Crippen LogP contribution is 2.19. The molecule has 1 heterocycles. The van der Waals surface area contributed by atoms with E-state index in [2.05, 4.69) is 24.1 Å². The number of nitrogens with zero attached hydrogens (tertiary/aromatic N) is 1. The van der Waals surface area contributed by atoms with Gasteiger partial charge in [-0.25, -0.2) is 0 Å². The summed E-state index contributed by atoms with van der Waals surface area (Å²) in [5.74, 6) is 0.542. The lowest BCUT2D eigenvalue weighted by Crippen LogP contribution is -2.33. The van der Waals surface area contributed by atoms with Crippen LogP contribution in [0.1, 0.15) is 36.2 Å². The zero-order chi connectivity index (χ0) is 14.7. The van der Waals surface area contributed by atoms with E-state index in [1.54, 1.807) is 0 Å². The van der Waals surface area contributed by atoms with Crippen molar-refractivity contribution >= 4 is 11.6 Å². The van der Waals surface area contributed by atoms with E-state index < -0.39 is 0 Å². The molecule has 0 radical (unpaired) electrons. The lowest BCUT2D eigenvalue weighted by Gasteiger charge is -2.20. The maximum atomic E-state index is 12.2. The molecule has 0 aliphatic carbocycles. The first kappa shape index (κ1) is 14.9. The van der Waals surface area contributed by atoms with E-state index in [0.717, 1.165) is 31.6 Å². The summed E-state index contributed by atoms with van der Waals surface area (Å²) in [5, 5.41) is 3.05. The predicted octanol–water partition coefficient (Wildman–Crippen LogP) is 2.04. The van der Waals surface area contributed by atoms with E-state index in [4.69, 9.17) is 5.73 Å². The van der Waals surface area contributed by atoms with Crippen molar-refractivity contribution in [3.63, 3.8) is 0 Å². The highest BCUT2D eigenvalue weighted by atomic mass is 16.1. The molecule has 0 spiro atoms. The Hall–Kier alpha value is -1.55. The predicted molar refractivity (Wildman–Crippen MR) is 82.7 cm³/mol. The van der Waals surface area contributed by atoms with Crippen LogP contribution in [0.4, 0.5) is 5.69 Å². The van der Waals surface area contributed by atoms with E-state index in [1.165, 1.54) is 0 Å². The number of hydrogen-bond donors (Lipinski definition) is 2. The minimum atomic E-state index is -0.0159. The van der Waals surface area contributed by atoms with Gasteiger partial charge in [0.1, 0.15) is 0 Å². The molecule has 1 aromatic carbocycles. The van der Waals surface area contributed by atoms with Gasteiger partial charge in [-0.15, -0.1) is 0 Å². The molecule has 3 N–H and O–H groups in total. The maximum Gasteiger partial charge on any atom is 0.251 e. The second kappa shape index (κ2) is 6.27. The number of anilines is 1. The van der Waals surface area contributed by atoms with Crippen LogP contribution in [-0.2, 0) is 0 Å². The number of nitrogen functional groups attached to an aromatic ring is 1. The van der Waals surface area contributed by atoms with Crippen molar-refractivity contribution in [2.45, 2.75) is 33.2 Å². The van der Waals surface area contributed by atoms with Crippen LogP contribution in [0.3, 0.4) is 0 Å².